The molecule has 7 nitrogen and oxygen atoms in total. The number of ether oxygens (including phenoxy) is 2. The van der Waals surface area contributed by atoms with Gasteiger partial charge >= 0.3 is 0 Å². The molecule has 0 aliphatic carbocycles. The Balaban J connectivity index is 1.37. The van der Waals surface area contributed by atoms with Crippen molar-refractivity contribution in [3.63, 3.8) is 0 Å². The Labute approximate surface area is 181 Å². The summed E-state index contributed by atoms with van der Waals surface area (Å²) >= 11 is 1.42. The molecule has 0 unspecified atom stereocenters. The molecule has 0 radical (unpaired) electrons. The fourth-order valence-electron chi connectivity index (χ4n) is 3.62. The van der Waals surface area contributed by atoms with Gasteiger partial charge in [-0.25, -0.2) is 4.98 Å². The molecule has 3 heterocycles. The zero-order chi connectivity index (χ0) is 21.4. The van der Waals surface area contributed by atoms with Gasteiger partial charge in [0.05, 0.1) is 17.8 Å². The van der Waals surface area contributed by atoms with Crippen LogP contribution in [0.25, 0.3) is 21.3 Å². The Kier molecular flexibility index (Phi) is 4.91. The third-order valence-electron chi connectivity index (χ3n) is 5.23. The number of rotatable bonds is 5. The zero-order valence-corrected chi connectivity index (χ0v) is 17.5. The largest absolute Gasteiger partial charge is 0.454 e. The van der Waals surface area contributed by atoms with Gasteiger partial charge in [0.15, 0.2) is 11.5 Å². The fourth-order valence-corrected chi connectivity index (χ4v) is 4.52. The fraction of sp³-hybridized carbons (Fsp3) is 0.174. The topological polar surface area (TPSA) is 82.5 Å². The van der Waals surface area contributed by atoms with E-state index in [1.807, 2.05) is 60.8 Å². The first kappa shape index (κ1) is 19.3. The van der Waals surface area contributed by atoms with Gasteiger partial charge < -0.3 is 14.8 Å². The third-order valence-corrected chi connectivity index (χ3v) is 6.12. The van der Waals surface area contributed by atoms with E-state index in [1.165, 1.54) is 22.2 Å². The van der Waals surface area contributed by atoms with E-state index in [9.17, 15) is 9.59 Å². The molecular formula is C23H19N3O4S. The van der Waals surface area contributed by atoms with E-state index in [1.54, 1.807) is 0 Å². The van der Waals surface area contributed by atoms with E-state index in [2.05, 4.69) is 10.3 Å². The number of amides is 1. The lowest BCUT2D eigenvalue weighted by Gasteiger charge is -2.15. The van der Waals surface area contributed by atoms with Gasteiger partial charge in [-0.15, -0.1) is 11.3 Å². The molecule has 2 aromatic carbocycles. The summed E-state index contributed by atoms with van der Waals surface area (Å²) in [5.41, 5.74) is 2.45. The SMILES string of the molecule is C[C@H](NC(=O)Cn1cnc2scc(-c3ccccc3)c2c1=O)c1ccc2c(c1)OCO2. The van der Waals surface area contributed by atoms with Gasteiger partial charge in [0.25, 0.3) is 5.56 Å². The van der Waals surface area contributed by atoms with Crippen molar-refractivity contribution in [1.82, 2.24) is 14.9 Å². The molecule has 0 bridgehead atoms. The number of carbonyl (C=O) groups excluding carboxylic acids is 1. The highest BCUT2D eigenvalue weighted by Gasteiger charge is 2.18. The van der Waals surface area contributed by atoms with Crippen molar-refractivity contribution in [2.75, 3.05) is 6.79 Å². The van der Waals surface area contributed by atoms with Crippen molar-refractivity contribution in [3.05, 3.63) is 76.2 Å². The Hall–Kier alpha value is -3.65. The van der Waals surface area contributed by atoms with Crippen LogP contribution in [0.15, 0.2) is 65.0 Å². The van der Waals surface area contributed by atoms with Crippen LogP contribution in [0.1, 0.15) is 18.5 Å². The molecule has 31 heavy (non-hydrogen) atoms. The summed E-state index contributed by atoms with van der Waals surface area (Å²) in [5.74, 6) is 1.08. The van der Waals surface area contributed by atoms with E-state index < -0.39 is 0 Å². The van der Waals surface area contributed by atoms with Crippen molar-refractivity contribution < 1.29 is 14.3 Å². The molecule has 1 amide bonds. The maximum atomic E-state index is 13.1. The zero-order valence-electron chi connectivity index (χ0n) is 16.7. The predicted octanol–water partition coefficient (Wildman–Crippen LogP) is 3.73. The molecule has 2 aromatic heterocycles. The van der Waals surface area contributed by atoms with Gasteiger partial charge in [0.1, 0.15) is 11.4 Å². The first-order valence-electron chi connectivity index (χ1n) is 9.81. The summed E-state index contributed by atoms with van der Waals surface area (Å²) in [7, 11) is 0. The van der Waals surface area contributed by atoms with Crippen molar-refractivity contribution >= 4 is 27.5 Å². The lowest BCUT2D eigenvalue weighted by atomic mass is 10.1. The maximum absolute atomic E-state index is 13.1. The van der Waals surface area contributed by atoms with Crippen LogP contribution < -0.4 is 20.3 Å². The van der Waals surface area contributed by atoms with E-state index in [4.69, 9.17) is 9.47 Å². The second-order valence-electron chi connectivity index (χ2n) is 7.28. The Bertz CT molecular complexity index is 1330. The summed E-state index contributed by atoms with van der Waals surface area (Å²) in [6, 6.07) is 15.0. The summed E-state index contributed by atoms with van der Waals surface area (Å²) < 4.78 is 12.1. The van der Waals surface area contributed by atoms with Crippen LogP contribution in [0.4, 0.5) is 0 Å². The van der Waals surface area contributed by atoms with Crippen LogP contribution in [-0.2, 0) is 11.3 Å². The van der Waals surface area contributed by atoms with E-state index in [0.29, 0.717) is 21.7 Å². The second-order valence-corrected chi connectivity index (χ2v) is 8.13. The van der Waals surface area contributed by atoms with Gasteiger partial charge in [-0.1, -0.05) is 36.4 Å². The first-order valence-corrected chi connectivity index (χ1v) is 10.7. The summed E-state index contributed by atoms with van der Waals surface area (Å²) in [5, 5.41) is 5.40. The smallest absolute Gasteiger partial charge is 0.263 e. The van der Waals surface area contributed by atoms with Crippen molar-refractivity contribution in [1.29, 1.82) is 0 Å². The van der Waals surface area contributed by atoms with Crippen LogP contribution in [0.3, 0.4) is 0 Å². The number of thiophene rings is 1. The molecule has 8 heteroatoms. The second kappa shape index (κ2) is 7.88. The minimum Gasteiger partial charge on any atom is -0.454 e. The van der Waals surface area contributed by atoms with E-state index in [-0.39, 0.29) is 30.8 Å². The highest BCUT2D eigenvalue weighted by Crippen LogP contribution is 2.34. The number of aromatic nitrogens is 2. The summed E-state index contributed by atoms with van der Waals surface area (Å²) in [4.78, 5) is 30.8. The molecule has 4 aromatic rings. The minimum absolute atomic E-state index is 0.110. The van der Waals surface area contributed by atoms with Gasteiger partial charge in [-0.2, -0.15) is 0 Å². The molecule has 0 saturated heterocycles. The van der Waals surface area contributed by atoms with Gasteiger partial charge in [0, 0.05) is 10.9 Å². The number of hydrogen-bond acceptors (Lipinski definition) is 6. The molecule has 0 saturated carbocycles. The third kappa shape index (κ3) is 3.66. The number of hydrogen-bond donors (Lipinski definition) is 1. The lowest BCUT2D eigenvalue weighted by Crippen LogP contribution is -2.33. The highest BCUT2D eigenvalue weighted by atomic mass is 32.1. The average molecular weight is 433 g/mol. The quantitative estimate of drug-likeness (QED) is 0.519. The number of carbonyl (C=O) groups is 1. The lowest BCUT2D eigenvalue weighted by molar-refractivity contribution is -0.122. The molecule has 1 atom stereocenters. The Morgan fingerprint density at radius 2 is 2.00 bits per heavy atom. The maximum Gasteiger partial charge on any atom is 0.263 e. The minimum atomic E-state index is -0.273. The first-order chi connectivity index (χ1) is 15.1. The molecule has 0 fully saturated rings. The standard InChI is InChI=1S/C23H19N3O4S/c1-14(16-7-8-18-19(9-16)30-13-29-18)25-20(27)10-26-12-24-22-21(23(26)28)17(11-31-22)15-5-3-2-4-6-15/h2-9,11-12,14H,10,13H2,1H3,(H,25,27)/t14-/m0/s1. The van der Waals surface area contributed by atoms with E-state index >= 15 is 0 Å². The number of nitrogens with zero attached hydrogens (tertiary/aromatic N) is 2. The molecule has 1 N–H and O–H groups in total. The Morgan fingerprint density at radius 3 is 2.84 bits per heavy atom. The van der Waals surface area contributed by atoms with Crippen molar-refractivity contribution in [2.45, 2.75) is 19.5 Å². The van der Waals surface area contributed by atoms with Crippen LogP contribution in [0.5, 0.6) is 11.5 Å². The normalized spacial score (nSPS) is 13.3. The molecule has 0 spiro atoms. The van der Waals surface area contributed by atoms with Crippen LogP contribution in [-0.4, -0.2) is 22.3 Å². The monoisotopic (exact) mass is 433 g/mol. The van der Waals surface area contributed by atoms with Crippen molar-refractivity contribution in [3.8, 4) is 22.6 Å². The Morgan fingerprint density at radius 1 is 1.19 bits per heavy atom. The van der Waals surface area contributed by atoms with E-state index in [0.717, 1.165) is 16.7 Å². The van der Waals surface area contributed by atoms with Crippen LogP contribution >= 0.6 is 11.3 Å². The average Bonchev–Trinajstić information content (AvgIpc) is 3.43. The molecule has 156 valence electrons. The molecule has 1 aliphatic rings. The van der Waals surface area contributed by atoms with Gasteiger partial charge in [-0.05, 0) is 30.2 Å². The number of benzene rings is 2. The molecule has 1 aliphatic heterocycles. The predicted molar refractivity (Wildman–Crippen MR) is 118 cm³/mol. The van der Waals surface area contributed by atoms with Crippen LogP contribution in [0.2, 0.25) is 0 Å². The van der Waals surface area contributed by atoms with Crippen LogP contribution in [0, 0.1) is 0 Å². The van der Waals surface area contributed by atoms with Gasteiger partial charge in [-0.3, -0.25) is 14.2 Å². The summed E-state index contributed by atoms with van der Waals surface area (Å²) in [6.45, 7) is 1.97. The number of fused-ring (bicyclic) bond motifs is 2. The van der Waals surface area contributed by atoms with Gasteiger partial charge in [0.2, 0.25) is 12.7 Å². The highest BCUT2D eigenvalue weighted by molar-refractivity contribution is 7.17. The molecular weight excluding hydrogens is 414 g/mol. The molecule has 5 rings (SSSR count). The van der Waals surface area contributed by atoms with Crippen molar-refractivity contribution in [2.24, 2.45) is 0 Å². The number of nitrogens with one attached hydrogen (secondary N) is 1. The summed E-state index contributed by atoms with van der Waals surface area (Å²) in [6.07, 6.45) is 1.43.